The molecule has 148 valence electrons. The number of nitrogens with zero attached hydrogens (tertiary/aromatic N) is 3. The number of benzene rings is 1. The first-order valence-corrected chi connectivity index (χ1v) is 11.0. The summed E-state index contributed by atoms with van der Waals surface area (Å²) in [5.74, 6) is 2.74. The number of ether oxygens (including phenoxy) is 1. The fraction of sp³-hybridized carbons (Fsp3) is 0.476. The van der Waals surface area contributed by atoms with E-state index >= 15 is 0 Å². The van der Waals surface area contributed by atoms with Gasteiger partial charge in [0, 0.05) is 23.4 Å². The Kier molecular flexibility index (Phi) is 5.71. The zero-order valence-corrected chi connectivity index (χ0v) is 17.2. The lowest BCUT2D eigenvalue weighted by atomic mass is 9.85. The third kappa shape index (κ3) is 3.68. The Morgan fingerprint density at radius 1 is 1.25 bits per heavy atom. The molecule has 0 spiro atoms. The van der Waals surface area contributed by atoms with Gasteiger partial charge in [-0.1, -0.05) is 43.7 Å². The second kappa shape index (κ2) is 8.39. The highest BCUT2D eigenvalue weighted by Crippen LogP contribution is 2.40. The Bertz CT molecular complexity index is 888. The Balaban J connectivity index is 1.69. The van der Waals surface area contributed by atoms with E-state index in [9.17, 15) is 4.79 Å². The molecule has 28 heavy (non-hydrogen) atoms. The minimum atomic E-state index is -0.234. The summed E-state index contributed by atoms with van der Waals surface area (Å²) in [7, 11) is 1.66. The summed E-state index contributed by atoms with van der Waals surface area (Å²) in [6.45, 7) is 2.20. The van der Waals surface area contributed by atoms with Crippen molar-refractivity contribution < 1.29 is 9.53 Å². The van der Waals surface area contributed by atoms with E-state index < -0.39 is 0 Å². The van der Waals surface area contributed by atoms with E-state index in [0.717, 1.165) is 58.7 Å². The molecule has 4 rings (SSSR count). The third-order valence-corrected chi connectivity index (χ3v) is 6.18. The molecular formula is C21H26N4O2S. The summed E-state index contributed by atoms with van der Waals surface area (Å²) in [5.41, 5.74) is 2.86. The van der Waals surface area contributed by atoms with Crippen molar-refractivity contribution in [2.75, 3.05) is 18.2 Å². The minimum Gasteiger partial charge on any atom is -0.497 e. The van der Waals surface area contributed by atoms with Gasteiger partial charge < -0.3 is 10.1 Å². The molecule has 1 atom stereocenters. The molecule has 2 aliphatic rings. The van der Waals surface area contributed by atoms with Crippen LogP contribution >= 0.6 is 11.8 Å². The van der Waals surface area contributed by atoms with Crippen LogP contribution in [0.1, 0.15) is 57.1 Å². The fourth-order valence-electron chi connectivity index (χ4n) is 3.81. The van der Waals surface area contributed by atoms with Crippen LogP contribution in [0.4, 0.5) is 5.95 Å². The number of methoxy groups -OCH3 is 1. The maximum Gasteiger partial charge on any atom is 0.227 e. The number of hydrogen-bond donors (Lipinski definition) is 1. The second-order valence-corrected chi connectivity index (χ2v) is 8.25. The number of rotatable bonds is 7. The number of hydrogen-bond acceptors (Lipinski definition) is 6. The van der Waals surface area contributed by atoms with Crippen LogP contribution in [-0.2, 0) is 4.79 Å². The van der Waals surface area contributed by atoms with Gasteiger partial charge in [-0.2, -0.15) is 4.98 Å². The Hall–Kier alpha value is -2.28. The number of aromatic nitrogens is 3. The van der Waals surface area contributed by atoms with Crippen LogP contribution < -0.4 is 10.1 Å². The molecule has 0 bridgehead atoms. The number of unbranched alkanes of at least 4 members (excludes halogenated alkanes) is 2. The van der Waals surface area contributed by atoms with E-state index in [-0.39, 0.29) is 11.8 Å². The predicted molar refractivity (Wildman–Crippen MR) is 111 cm³/mol. The smallest absolute Gasteiger partial charge is 0.227 e. The van der Waals surface area contributed by atoms with E-state index in [2.05, 4.69) is 12.2 Å². The van der Waals surface area contributed by atoms with Crippen LogP contribution in [0.2, 0.25) is 0 Å². The number of carbonyl (C=O) groups excluding carboxylic acids is 1. The van der Waals surface area contributed by atoms with Crippen LogP contribution in [0, 0.1) is 0 Å². The molecule has 1 N–H and O–H groups in total. The van der Waals surface area contributed by atoms with Gasteiger partial charge in [-0.25, -0.2) is 4.68 Å². The second-order valence-electron chi connectivity index (χ2n) is 7.19. The largest absolute Gasteiger partial charge is 0.497 e. The van der Waals surface area contributed by atoms with Crippen LogP contribution in [-0.4, -0.2) is 33.4 Å². The van der Waals surface area contributed by atoms with E-state index in [1.165, 1.54) is 12.8 Å². The fourth-order valence-corrected chi connectivity index (χ4v) is 4.64. The van der Waals surface area contributed by atoms with Crippen LogP contribution in [0.3, 0.4) is 0 Å². The molecule has 0 saturated heterocycles. The van der Waals surface area contributed by atoms with Crippen molar-refractivity contribution >= 4 is 23.5 Å². The van der Waals surface area contributed by atoms with Gasteiger partial charge in [0.25, 0.3) is 0 Å². The number of nitrogens with one attached hydrogen (secondary N) is 1. The van der Waals surface area contributed by atoms with Crippen molar-refractivity contribution in [3.63, 3.8) is 0 Å². The van der Waals surface area contributed by atoms with E-state index in [1.807, 2.05) is 28.9 Å². The molecule has 0 radical (unpaired) electrons. The number of thioether (sulfide) groups is 1. The van der Waals surface area contributed by atoms with Gasteiger partial charge in [-0.15, -0.1) is 5.10 Å². The van der Waals surface area contributed by atoms with Crippen LogP contribution in [0.5, 0.6) is 5.75 Å². The molecule has 0 fully saturated rings. The van der Waals surface area contributed by atoms with Gasteiger partial charge in [0.05, 0.1) is 7.11 Å². The highest BCUT2D eigenvalue weighted by molar-refractivity contribution is 7.99. The van der Waals surface area contributed by atoms with E-state index in [0.29, 0.717) is 6.42 Å². The molecule has 2 heterocycles. The number of carbonyl (C=O) groups is 1. The molecule has 1 aliphatic carbocycles. The molecule has 0 saturated carbocycles. The molecule has 0 amide bonds. The van der Waals surface area contributed by atoms with Gasteiger partial charge in [0.1, 0.15) is 11.8 Å². The first-order chi connectivity index (χ1) is 13.7. The third-order valence-electron chi connectivity index (χ3n) is 5.26. The van der Waals surface area contributed by atoms with Crippen molar-refractivity contribution in [2.24, 2.45) is 0 Å². The summed E-state index contributed by atoms with van der Waals surface area (Å²) < 4.78 is 7.17. The number of fused-ring (bicyclic) bond motifs is 1. The topological polar surface area (TPSA) is 69.0 Å². The average molecular weight is 399 g/mol. The lowest BCUT2D eigenvalue weighted by Crippen LogP contribution is -2.31. The average Bonchev–Trinajstić information content (AvgIpc) is 3.12. The van der Waals surface area contributed by atoms with E-state index in [1.54, 1.807) is 18.9 Å². The standard InChI is InChI=1S/C21H26N4O2S/c1-3-4-5-13-28-21-23-20-22-16-7-6-8-17(26)18(16)19(25(20)24-21)14-9-11-15(27-2)12-10-14/h9-12,19H,3-8,13H2,1-2H3,(H,22,23,24). The predicted octanol–water partition coefficient (Wildman–Crippen LogP) is 4.59. The Morgan fingerprint density at radius 3 is 2.82 bits per heavy atom. The minimum absolute atomic E-state index is 0.202. The highest BCUT2D eigenvalue weighted by Gasteiger charge is 2.36. The number of ketones is 1. The molecule has 1 aromatic carbocycles. The molecule has 6 nitrogen and oxygen atoms in total. The Morgan fingerprint density at radius 2 is 2.07 bits per heavy atom. The number of Topliss-reactive ketones (excluding diaryl/α,β-unsaturated/α-hetero) is 1. The lowest BCUT2D eigenvalue weighted by Gasteiger charge is -2.32. The van der Waals surface area contributed by atoms with Crippen molar-refractivity contribution in [2.45, 2.75) is 56.6 Å². The number of allylic oxidation sites excluding steroid dienone is 2. The van der Waals surface area contributed by atoms with Crippen LogP contribution in [0.15, 0.2) is 40.7 Å². The normalized spacial score (nSPS) is 18.5. The summed E-state index contributed by atoms with van der Waals surface area (Å²) in [4.78, 5) is 17.5. The van der Waals surface area contributed by atoms with Gasteiger partial charge in [-0.3, -0.25) is 4.79 Å². The molecule has 1 aliphatic heterocycles. The van der Waals surface area contributed by atoms with Crippen molar-refractivity contribution in [3.8, 4) is 5.75 Å². The highest BCUT2D eigenvalue weighted by atomic mass is 32.2. The first kappa shape index (κ1) is 19.1. The molecule has 7 heteroatoms. The van der Waals surface area contributed by atoms with Gasteiger partial charge in [0.15, 0.2) is 5.78 Å². The number of anilines is 1. The zero-order chi connectivity index (χ0) is 19.5. The summed E-state index contributed by atoms with van der Waals surface area (Å²) in [6, 6.07) is 7.66. The summed E-state index contributed by atoms with van der Waals surface area (Å²) >= 11 is 1.68. The van der Waals surface area contributed by atoms with Crippen molar-refractivity contribution in [1.82, 2.24) is 14.8 Å². The molecular weight excluding hydrogens is 372 g/mol. The molecule has 1 aromatic heterocycles. The maximum absolute atomic E-state index is 12.8. The van der Waals surface area contributed by atoms with Gasteiger partial charge >= 0.3 is 0 Å². The first-order valence-electron chi connectivity index (χ1n) is 9.97. The van der Waals surface area contributed by atoms with E-state index in [4.69, 9.17) is 14.8 Å². The quantitative estimate of drug-likeness (QED) is 0.543. The molecule has 2 aromatic rings. The van der Waals surface area contributed by atoms with Gasteiger partial charge in [0.2, 0.25) is 11.1 Å². The zero-order valence-electron chi connectivity index (χ0n) is 16.4. The Labute approximate surface area is 169 Å². The summed E-state index contributed by atoms with van der Waals surface area (Å²) in [5, 5.41) is 8.91. The maximum atomic E-state index is 12.8. The summed E-state index contributed by atoms with van der Waals surface area (Å²) in [6.07, 6.45) is 5.93. The lowest BCUT2D eigenvalue weighted by molar-refractivity contribution is -0.116. The molecule has 1 unspecified atom stereocenters. The van der Waals surface area contributed by atoms with Crippen molar-refractivity contribution in [1.29, 1.82) is 0 Å². The van der Waals surface area contributed by atoms with Crippen molar-refractivity contribution in [3.05, 3.63) is 41.1 Å². The monoisotopic (exact) mass is 398 g/mol. The van der Waals surface area contributed by atoms with Gasteiger partial charge in [-0.05, 0) is 37.0 Å². The van der Waals surface area contributed by atoms with Crippen LogP contribution in [0.25, 0.3) is 0 Å². The SMILES string of the molecule is CCCCCSc1nc2n(n1)C(c1ccc(OC)cc1)C1=C(CCCC1=O)N2.